The third-order valence-corrected chi connectivity index (χ3v) is 11.1. The molecule has 1 aromatic carbocycles. The molecule has 3 aliphatic carbocycles. The highest BCUT2D eigenvalue weighted by atomic mass is 31.2. The minimum atomic E-state index is -3.93. The van der Waals surface area contributed by atoms with Gasteiger partial charge in [-0.1, -0.05) is 6.92 Å². The zero-order valence-electron chi connectivity index (χ0n) is 15.8. The number of aliphatic hydroxyl groups excluding tert-OH is 1. The molecule has 0 radical (unpaired) electrons. The van der Waals surface area contributed by atoms with Crippen LogP contribution < -0.4 is 13.6 Å². The van der Waals surface area contributed by atoms with Crippen LogP contribution in [-0.2, 0) is 28.5 Å². The van der Waals surface area contributed by atoms with E-state index in [0.717, 1.165) is 12.8 Å². The van der Waals surface area contributed by atoms with E-state index in [9.17, 15) is 19.3 Å². The topological polar surface area (TPSA) is 130 Å². The van der Waals surface area contributed by atoms with E-state index in [1.807, 2.05) is 0 Å². The molecule has 2 N–H and O–H groups in total. The standard InChI is InChI=1S/C18H18O10P2/c1-17-5-4-6-9(7(17)2-3-8(17)19)16-18(27-30(22,26-16)28-18)11-10(6)13-15-12(20)14(11)24-29(21,23-13)25-15/h6-9,16,19-20H,2-5H2,1H3/t6-,7-,8-,9-,16?,17-,18?,29?,30?/m0/s1. The van der Waals surface area contributed by atoms with Crippen molar-refractivity contribution in [2.24, 2.45) is 17.3 Å². The van der Waals surface area contributed by atoms with E-state index >= 15 is 0 Å². The molecule has 5 heterocycles. The van der Waals surface area contributed by atoms with Crippen LogP contribution >= 0.6 is 15.6 Å². The Balaban J connectivity index is 1.43. The number of aromatic hydroxyl groups is 1. The first-order valence-electron chi connectivity index (χ1n) is 10.2. The molecule has 5 fully saturated rings. The molecule has 8 aliphatic rings. The minimum absolute atomic E-state index is 0.00754. The molecule has 3 saturated heterocycles. The first-order chi connectivity index (χ1) is 14.2. The Morgan fingerprint density at radius 3 is 2.53 bits per heavy atom. The van der Waals surface area contributed by atoms with Gasteiger partial charge in [0.1, 0.15) is 6.10 Å². The number of fused-ring (bicyclic) bond motifs is 9. The summed E-state index contributed by atoms with van der Waals surface area (Å²) in [6.45, 7) is 2.10. The lowest BCUT2D eigenvalue weighted by molar-refractivity contribution is -0.220. The second-order valence-electron chi connectivity index (χ2n) is 9.60. The van der Waals surface area contributed by atoms with Crippen LogP contribution in [0.15, 0.2) is 0 Å². The molecule has 0 aromatic heterocycles. The SMILES string of the molecule is C[C@]12CC[C@@H]3c4c5c6c(O)c(c4C47OP(=O)(OC4[C@@H]3[C@@H]1CC[C@@H]2O)O7)OP(=O)(O6)O5. The third kappa shape index (κ3) is 1.58. The van der Waals surface area contributed by atoms with Crippen LogP contribution in [0.3, 0.4) is 0 Å². The highest BCUT2D eigenvalue weighted by Gasteiger charge is 2.80. The average molecular weight is 456 g/mol. The van der Waals surface area contributed by atoms with E-state index in [0.29, 0.717) is 24.0 Å². The lowest BCUT2D eigenvalue weighted by atomic mass is 9.53. The van der Waals surface area contributed by atoms with Crippen molar-refractivity contribution in [3.05, 3.63) is 11.1 Å². The van der Waals surface area contributed by atoms with Gasteiger partial charge in [0.2, 0.25) is 17.3 Å². The van der Waals surface area contributed by atoms with Crippen LogP contribution in [0.1, 0.15) is 49.7 Å². The van der Waals surface area contributed by atoms with Gasteiger partial charge in [-0.15, -0.1) is 0 Å². The minimum Gasteiger partial charge on any atom is -0.502 e. The number of rotatable bonds is 0. The van der Waals surface area contributed by atoms with Gasteiger partial charge in [-0.25, -0.2) is 13.6 Å². The molecule has 1 aromatic rings. The van der Waals surface area contributed by atoms with Crippen molar-refractivity contribution in [2.75, 3.05) is 0 Å². The van der Waals surface area contributed by atoms with Crippen molar-refractivity contribution in [3.8, 4) is 23.0 Å². The number of aliphatic hydroxyl groups is 1. The molecule has 160 valence electrons. The molecule has 12 heteroatoms. The number of phosphoric acid groups is 2. The van der Waals surface area contributed by atoms with Crippen LogP contribution in [0.2, 0.25) is 0 Å². The first kappa shape index (κ1) is 17.3. The first-order valence-corrected chi connectivity index (χ1v) is 13.1. The Morgan fingerprint density at radius 1 is 1.00 bits per heavy atom. The Hall–Kier alpha value is -1.28. The van der Waals surface area contributed by atoms with E-state index < -0.39 is 33.6 Å². The molecule has 2 unspecified atom stereocenters. The summed E-state index contributed by atoms with van der Waals surface area (Å²) in [4.78, 5) is 0. The van der Waals surface area contributed by atoms with Crippen molar-refractivity contribution >= 4 is 15.6 Å². The summed E-state index contributed by atoms with van der Waals surface area (Å²) in [6, 6.07) is 0. The monoisotopic (exact) mass is 456 g/mol. The molecule has 9 rings (SSSR count). The molecule has 2 saturated carbocycles. The van der Waals surface area contributed by atoms with Gasteiger partial charge in [-0.05, 0) is 42.9 Å². The summed E-state index contributed by atoms with van der Waals surface area (Å²) in [7, 11) is -7.64. The number of phenols is 1. The van der Waals surface area contributed by atoms with Crippen LogP contribution in [0, 0.1) is 17.3 Å². The summed E-state index contributed by atoms with van der Waals surface area (Å²) in [5.74, 6) is -1.94. The van der Waals surface area contributed by atoms with E-state index in [1.165, 1.54) is 0 Å². The van der Waals surface area contributed by atoms with E-state index in [4.69, 9.17) is 27.1 Å². The van der Waals surface area contributed by atoms with E-state index in [2.05, 4.69) is 6.92 Å². The van der Waals surface area contributed by atoms with Gasteiger partial charge in [-0.2, -0.15) is 4.57 Å². The van der Waals surface area contributed by atoms with Gasteiger partial charge in [0.25, 0.3) is 0 Å². The Morgan fingerprint density at radius 2 is 1.73 bits per heavy atom. The summed E-state index contributed by atoms with van der Waals surface area (Å²) >= 11 is 0. The lowest BCUT2D eigenvalue weighted by Crippen LogP contribution is -2.56. The Kier molecular flexibility index (Phi) is 2.64. The molecule has 5 bridgehead atoms. The quantitative estimate of drug-likeness (QED) is 0.558. The summed E-state index contributed by atoms with van der Waals surface area (Å²) < 4.78 is 59.3. The van der Waals surface area contributed by atoms with Gasteiger partial charge in [0, 0.05) is 11.5 Å². The largest absolute Gasteiger partial charge is 0.647 e. The van der Waals surface area contributed by atoms with Gasteiger partial charge in [-0.3, -0.25) is 4.52 Å². The number of hydrogen-bond donors (Lipinski definition) is 2. The molecule has 10 nitrogen and oxygen atoms in total. The van der Waals surface area contributed by atoms with Crippen molar-refractivity contribution in [3.63, 3.8) is 0 Å². The lowest BCUT2D eigenvalue weighted by Gasteiger charge is -2.54. The summed E-state index contributed by atoms with van der Waals surface area (Å²) in [6.07, 6.45) is 1.86. The van der Waals surface area contributed by atoms with Crippen LogP contribution in [0.4, 0.5) is 0 Å². The highest BCUT2D eigenvalue weighted by Crippen LogP contribution is 2.86. The van der Waals surface area contributed by atoms with E-state index in [-0.39, 0.29) is 46.2 Å². The molecular formula is C18H18O10P2. The maximum atomic E-state index is 12.8. The number of benzene rings is 1. The smallest absolute Gasteiger partial charge is 0.502 e. The third-order valence-electron chi connectivity index (χ3n) is 8.45. The summed E-state index contributed by atoms with van der Waals surface area (Å²) in [5.41, 5.74) is 0.711. The molecule has 5 aliphatic heterocycles. The second kappa shape index (κ2) is 4.58. The van der Waals surface area contributed by atoms with Crippen LogP contribution in [0.25, 0.3) is 0 Å². The second-order valence-corrected chi connectivity index (χ2v) is 12.5. The molecule has 1 spiro atoms. The molecule has 0 amide bonds. The van der Waals surface area contributed by atoms with Gasteiger partial charge in [0.15, 0.2) is 11.5 Å². The molecular weight excluding hydrogens is 438 g/mol. The van der Waals surface area contributed by atoms with Crippen LogP contribution in [0.5, 0.6) is 23.0 Å². The Bertz CT molecular complexity index is 1170. The average Bonchev–Trinajstić information content (AvgIpc) is 3.30. The fourth-order valence-corrected chi connectivity index (χ4v) is 10.2. The maximum Gasteiger partial charge on any atom is 0.647 e. The number of phosphoric ester groups is 2. The number of phenolic OH excluding ortho intramolecular Hbond substituents is 1. The van der Waals surface area contributed by atoms with Gasteiger partial charge < -0.3 is 23.8 Å². The zero-order chi connectivity index (χ0) is 20.4. The normalized spacial score (nSPS) is 54.8. The fourth-order valence-electron chi connectivity index (χ4n) is 7.22. The van der Waals surface area contributed by atoms with Crippen molar-refractivity contribution in [2.45, 2.75) is 56.5 Å². The van der Waals surface area contributed by atoms with Crippen molar-refractivity contribution in [1.82, 2.24) is 0 Å². The Labute approximate surface area is 170 Å². The highest BCUT2D eigenvalue weighted by molar-refractivity contribution is 7.50. The summed E-state index contributed by atoms with van der Waals surface area (Å²) in [5, 5.41) is 21.4. The molecule has 7 atom stereocenters. The van der Waals surface area contributed by atoms with Crippen molar-refractivity contribution < 1.29 is 46.5 Å². The van der Waals surface area contributed by atoms with Crippen molar-refractivity contribution in [1.29, 1.82) is 0 Å². The predicted octanol–water partition coefficient (Wildman–Crippen LogP) is 3.65. The predicted molar refractivity (Wildman–Crippen MR) is 96.2 cm³/mol. The number of hydrogen-bond acceptors (Lipinski definition) is 10. The zero-order valence-corrected chi connectivity index (χ0v) is 17.6. The maximum absolute atomic E-state index is 12.8. The van der Waals surface area contributed by atoms with E-state index in [1.54, 1.807) is 0 Å². The van der Waals surface area contributed by atoms with Gasteiger partial charge >= 0.3 is 15.6 Å². The van der Waals surface area contributed by atoms with Gasteiger partial charge in [0.05, 0.1) is 11.7 Å². The fraction of sp³-hybridized carbons (Fsp3) is 0.667. The molecule has 30 heavy (non-hydrogen) atoms. The van der Waals surface area contributed by atoms with Crippen LogP contribution in [-0.4, -0.2) is 22.4 Å².